The molecule has 0 aromatic carbocycles. The highest BCUT2D eigenvalue weighted by atomic mass is 16.3. The molecule has 0 spiro atoms. The van der Waals surface area contributed by atoms with Crippen molar-refractivity contribution >= 4 is 5.91 Å². The van der Waals surface area contributed by atoms with Crippen LogP contribution in [0.1, 0.15) is 245 Å². The molecule has 0 heterocycles. The first-order chi connectivity index (χ1) is 28.7. The minimum absolute atomic E-state index is 0.0656. The van der Waals surface area contributed by atoms with Gasteiger partial charge < -0.3 is 15.5 Å². The number of amides is 1. The number of aliphatic hydroxyl groups excluding tert-OH is 2. The lowest BCUT2D eigenvalue weighted by Gasteiger charge is -2.20. The quantitative estimate of drug-likeness (QED) is 0.0424. The molecular weight excluding hydrogens is 711 g/mol. The van der Waals surface area contributed by atoms with Crippen LogP contribution in [0.2, 0.25) is 0 Å². The summed E-state index contributed by atoms with van der Waals surface area (Å²) in [5.74, 6) is -0.0656. The molecule has 0 saturated heterocycles. The van der Waals surface area contributed by atoms with Crippen LogP contribution in [0.25, 0.3) is 0 Å². The Morgan fingerprint density at radius 3 is 1.14 bits per heavy atom. The molecule has 1 amide bonds. The number of hydrogen-bond acceptors (Lipinski definition) is 3. The normalized spacial score (nSPS) is 13.5. The summed E-state index contributed by atoms with van der Waals surface area (Å²) in [4.78, 5) is 12.4. The topological polar surface area (TPSA) is 69.6 Å². The van der Waals surface area contributed by atoms with Gasteiger partial charge in [0.25, 0.3) is 0 Å². The maximum absolute atomic E-state index is 12.4. The Labute approximate surface area is 361 Å². The molecule has 0 aliphatic heterocycles. The van der Waals surface area contributed by atoms with Crippen molar-refractivity contribution < 1.29 is 15.0 Å². The predicted molar refractivity (Wildman–Crippen MR) is 257 cm³/mol. The third kappa shape index (κ3) is 44.9. The Hall–Kier alpha value is -2.17. The Morgan fingerprint density at radius 2 is 0.759 bits per heavy atom. The van der Waals surface area contributed by atoms with E-state index in [4.69, 9.17) is 0 Å². The van der Waals surface area contributed by atoms with Gasteiger partial charge in [-0.15, -0.1) is 0 Å². The minimum Gasteiger partial charge on any atom is -0.394 e. The molecule has 0 fully saturated rings. The highest BCUT2D eigenvalue weighted by molar-refractivity contribution is 5.76. The van der Waals surface area contributed by atoms with Crippen LogP contribution < -0.4 is 5.32 Å². The molecule has 58 heavy (non-hydrogen) atoms. The lowest BCUT2D eigenvalue weighted by molar-refractivity contribution is -0.123. The summed E-state index contributed by atoms with van der Waals surface area (Å²) in [6.45, 7) is 4.17. The van der Waals surface area contributed by atoms with Gasteiger partial charge in [-0.2, -0.15) is 0 Å². The van der Waals surface area contributed by atoms with E-state index in [9.17, 15) is 15.0 Å². The van der Waals surface area contributed by atoms with E-state index in [0.29, 0.717) is 6.42 Å². The number of carbonyl (C=O) groups excluding carboxylic acids is 1. The highest BCUT2D eigenvalue weighted by Crippen LogP contribution is 2.16. The van der Waals surface area contributed by atoms with Gasteiger partial charge in [-0.25, -0.2) is 0 Å². The third-order valence-corrected chi connectivity index (χ3v) is 11.2. The fraction of sp³-hybridized carbons (Fsp3) is 0.759. The van der Waals surface area contributed by atoms with E-state index >= 15 is 0 Å². The van der Waals surface area contributed by atoms with Crippen LogP contribution in [-0.2, 0) is 4.79 Å². The largest absolute Gasteiger partial charge is 0.394 e. The molecule has 0 radical (unpaired) electrons. The van der Waals surface area contributed by atoms with Crippen LogP contribution >= 0.6 is 0 Å². The molecule has 0 aromatic heterocycles. The van der Waals surface area contributed by atoms with Crippen molar-refractivity contribution in [3.05, 3.63) is 72.9 Å². The number of aliphatic hydroxyl groups is 2. The molecule has 0 aromatic rings. The average Bonchev–Trinajstić information content (AvgIpc) is 3.23. The summed E-state index contributed by atoms with van der Waals surface area (Å²) in [5.41, 5.74) is 0. The fourth-order valence-corrected chi connectivity index (χ4v) is 7.38. The van der Waals surface area contributed by atoms with Crippen LogP contribution in [0, 0.1) is 0 Å². The zero-order chi connectivity index (χ0) is 42.1. The van der Waals surface area contributed by atoms with Crippen molar-refractivity contribution in [2.45, 2.75) is 257 Å². The first-order valence-corrected chi connectivity index (χ1v) is 25.2. The van der Waals surface area contributed by atoms with Crippen LogP contribution in [0.4, 0.5) is 0 Å². The molecule has 3 N–H and O–H groups in total. The molecule has 0 rings (SSSR count). The van der Waals surface area contributed by atoms with E-state index in [1.807, 2.05) is 6.08 Å². The van der Waals surface area contributed by atoms with E-state index in [-0.39, 0.29) is 12.5 Å². The van der Waals surface area contributed by atoms with Crippen LogP contribution in [0.3, 0.4) is 0 Å². The number of rotatable bonds is 45. The number of allylic oxidation sites excluding steroid dienone is 11. The lowest BCUT2D eigenvalue weighted by Crippen LogP contribution is -2.45. The SMILES string of the molecule is CC/C=C\C/C=C\C/C=C\C/C=C\C/C=C\CCCCCCCCCCCCCCCCCCCCCCCC(=O)NC(CO)C(O)/C=C/CCCCCCCCC. The first kappa shape index (κ1) is 55.8. The van der Waals surface area contributed by atoms with Crippen LogP contribution in [0.5, 0.6) is 0 Å². The Morgan fingerprint density at radius 1 is 0.431 bits per heavy atom. The summed E-state index contributed by atoms with van der Waals surface area (Å²) < 4.78 is 0. The van der Waals surface area contributed by atoms with E-state index < -0.39 is 12.1 Å². The zero-order valence-corrected chi connectivity index (χ0v) is 38.5. The number of hydrogen-bond donors (Lipinski definition) is 3. The van der Waals surface area contributed by atoms with Gasteiger partial charge in [0.1, 0.15) is 0 Å². The van der Waals surface area contributed by atoms with E-state index in [0.717, 1.165) is 57.8 Å². The van der Waals surface area contributed by atoms with Gasteiger partial charge in [-0.3, -0.25) is 4.79 Å². The van der Waals surface area contributed by atoms with E-state index in [1.54, 1.807) is 6.08 Å². The van der Waals surface area contributed by atoms with Gasteiger partial charge in [0, 0.05) is 6.42 Å². The molecule has 0 aliphatic rings. The van der Waals surface area contributed by atoms with Crippen molar-refractivity contribution in [2.24, 2.45) is 0 Å². The maximum atomic E-state index is 12.4. The summed E-state index contributed by atoms with van der Waals surface area (Å²) in [6.07, 6.45) is 70.6. The molecule has 0 aliphatic carbocycles. The van der Waals surface area contributed by atoms with Crippen LogP contribution in [0.15, 0.2) is 72.9 Å². The Balaban J connectivity index is 3.41. The Bertz CT molecular complexity index is 1010. The fourth-order valence-electron chi connectivity index (χ4n) is 7.38. The van der Waals surface area contributed by atoms with Gasteiger partial charge in [0.05, 0.1) is 18.8 Å². The third-order valence-electron chi connectivity index (χ3n) is 11.2. The van der Waals surface area contributed by atoms with E-state index in [1.165, 1.54) is 167 Å². The van der Waals surface area contributed by atoms with Crippen molar-refractivity contribution in [3.8, 4) is 0 Å². The van der Waals surface area contributed by atoms with E-state index in [2.05, 4.69) is 79.9 Å². The summed E-state index contributed by atoms with van der Waals surface area (Å²) in [6, 6.07) is -0.620. The minimum atomic E-state index is -0.837. The molecule has 0 bridgehead atoms. The molecule has 336 valence electrons. The van der Waals surface area contributed by atoms with Gasteiger partial charge in [0.15, 0.2) is 0 Å². The standard InChI is InChI=1S/C54H97NO3/c1-3-5-7-9-11-13-14-15-16-17-18-19-20-21-22-23-24-25-26-27-28-29-30-31-32-33-34-35-36-37-38-39-40-42-44-46-48-50-54(58)55-52(51-56)53(57)49-47-45-43-41-12-10-8-6-4-2/h5,7,11,13,15-16,18-19,21-22,47,49,52-53,56-57H,3-4,6,8-10,12,14,17,20,23-46,48,50-51H2,1-2H3,(H,55,58)/b7-5-,13-11-,16-15-,19-18-,22-21-,49-47+. The van der Waals surface area contributed by atoms with Crippen molar-refractivity contribution in [3.63, 3.8) is 0 Å². The summed E-state index contributed by atoms with van der Waals surface area (Å²) in [5, 5.41) is 22.9. The molecule has 4 nitrogen and oxygen atoms in total. The lowest BCUT2D eigenvalue weighted by atomic mass is 10.0. The molecule has 0 saturated carbocycles. The second kappa shape index (κ2) is 49.2. The smallest absolute Gasteiger partial charge is 0.220 e. The molecule has 2 atom stereocenters. The molecule has 2 unspecified atom stereocenters. The molecule has 4 heteroatoms. The van der Waals surface area contributed by atoms with Crippen molar-refractivity contribution in [1.29, 1.82) is 0 Å². The average molecular weight is 808 g/mol. The van der Waals surface area contributed by atoms with Gasteiger partial charge >= 0.3 is 0 Å². The maximum Gasteiger partial charge on any atom is 0.220 e. The zero-order valence-electron chi connectivity index (χ0n) is 38.5. The van der Waals surface area contributed by atoms with Crippen LogP contribution in [-0.4, -0.2) is 34.9 Å². The van der Waals surface area contributed by atoms with Crippen molar-refractivity contribution in [1.82, 2.24) is 5.32 Å². The van der Waals surface area contributed by atoms with Gasteiger partial charge in [0.2, 0.25) is 5.91 Å². The number of carbonyl (C=O) groups is 1. The second-order valence-corrected chi connectivity index (χ2v) is 16.9. The summed E-state index contributed by atoms with van der Waals surface area (Å²) in [7, 11) is 0. The number of nitrogens with one attached hydrogen (secondary N) is 1. The van der Waals surface area contributed by atoms with Gasteiger partial charge in [-0.1, -0.05) is 247 Å². The summed E-state index contributed by atoms with van der Waals surface area (Å²) >= 11 is 0. The predicted octanol–water partition coefficient (Wildman–Crippen LogP) is 16.2. The van der Waals surface area contributed by atoms with Crippen molar-refractivity contribution in [2.75, 3.05) is 6.61 Å². The second-order valence-electron chi connectivity index (χ2n) is 16.9. The monoisotopic (exact) mass is 808 g/mol. The highest BCUT2D eigenvalue weighted by Gasteiger charge is 2.18. The number of unbranched alkanes of at least 4 members (excludes halogenated alkanes) is 28. The van der Waals surface area contributed by atoms with Gasteiger partial charge in [-0.05, 0) is 64.2 Å². The first-order valence-electron chi connectivity index (χ1n) is 25.2. The molecular formula is C54H97NO3. The Kier molecular flexibility index (Phi) is 47.4.